The summed E-state index contributed by atoms with van der Waals surface area (Å²) in [4.78, 5) is 21.6. The van der Waals surface area contributed by atoms with Crippen molar-refractivity contribution in [2.75, 3.05) is 31.1 Å². The van der Waals surface area contributed by atoms with Gasteiger partial charge in [0.15, 0.2) is 0 Å². The van der Waals surface area contributed by atoms with Crippen molar-refractivity contribution in [3.8, 4) is 0 Å². The lowest BCUT2D eigenvalue weighted by Gasteiger charge is -2.37. The number of hydrogen-bond donors (Lipinski definition) is 1. The Morgan fingerprint density at radius 2 is 1.91 bits per heavy atom. The van der Waals surface area contributed by atoms with E-state index < -0.39 is 0 Å². The summed E-state index contributed by atoms with van der Waals surface area (Å²) in [5, 5.41) is 4.91. The third-order valence-corrected chi connectivity index (χ3v) is 6.79. The molecule has 166 valence electrons. The highest BCUT2D eigenvalue weighted by Crippen LogP contribution is 2.30. The third-order valence-electron chi connectivity index (χ3n) is 6.56. The lowest BCUT2D eigenvalue weighted by molar-refractivity contribution is 0.189. The van der Waals surface area contributed by atoms with E-state index in [9.17, 15) is 9.18 Å². The molecular weight excluding hydrogens is 427 g/mol. The van der Waals surface area contributed by atoms with E-state index in [4.69, 9.17) is 11.6 Å². The van der Waals surface area contributed by atoms with Gasteiger partial charge in [0.2, 0.25) is 0 Å². The minimum Gasteiger partial charge on any atom is -0.367 e. The van der Waals surface area contributed by atoms with Crippen LogP contribution in [0.3, 0.4) is 0 Å². The normalized spacial score (nSPS) is 18.9. The lowest BCUT2D eigenvalue weighted by atomic mass is 9.99. The van der Waals surface area contributed by atoms with Gasteiger partial charge in [-0.1, -0.05) is 24.1 Å². The minimum atomic E-state index is -0.246. The highest BCUT2D eigenvalue weighted by molar-refractivity contribution is 6.31. The fraction of sp³-hybridized carbons (Fsp3) is 0.360. The molecule has 1 saturated heterocycles. The molecule has 7 heteroatoms. The van der Waals surface area contributed by atoms with Crippen molar-refractivity contribution in [3.63, 3.8) is 0 Å². The van der Waals surface area contributed by atoms with E-state index in [1.165, 1.54) is 6.07 Å². The van der Waals surface area contributed by atoms with Gasteiger partial charge in [0.25, 0.3) is 0 Å². The maximum absolute atomic E-state index is 13.9. The zero-order chi connectivity index (χ0) is 22.1. The molecule has 1 aliphatic heterocycles. The number of nitrogens with zero attached hydrogens (tertiary/aromatic N) is 3. The van der Waals surface area contributed by atoms with Crippen LogP contribution in [0, 0.1) is 5.82 Å². The summed E-state index contributed by atoms with van der Waals surface area (Å²) in [7, 11) is 0. The summed E-state index contributed by atoms with van der Waals surface area (Å²) in [5.74, 6) is -0.246. The number of halogens is 2. The molecule has 0 spiro atoms. The first kappa shape index (κ1) is 21.0. The Morgan fingerprint density at radius 1 is 1.06 bits per heavy atom. The van der Waals surface area contributed by atoms with Crippen LogP contribution in [-0.2, 0) is 6.42 Å². The number of nitrogens with one attached hydrogen (secondary N) is 1. The fourth-order valence-electron chi connectivity index (χ4n) is 4.86. The van der Waals surface area contributed by atoms with E-state index >= 15 is 0 Å². The molecule has 32 heavy (non-hydrogen) atoms. The summed E-state index contributed by atoms with van der Waals surface area (Å²) in [6.45, 7) is 2.74. The number of aromatic nitrogens is 1. The van der Waals surface area contributed by atoms with Gasteiger partial charge in [-0.2, -0.15) is 0 Å². The first-order chi connectivity index (χ1) is 15.6. The highest BCUT2D eigenvalue weighted by Gasteiger charge is 2.26. The van der Waals surface area contributed by atoms with Crippen LogP contribution in [0.5, 0.6) is 0 Å². The molecule has 1 atom stereocenters. The predicted octanol–water partition coefficient (Wildman–Crippen LogP) is 5.33. The second-order valence-corrected chi connectivity index (χ2v) is 8.99. The highest BCUT2D eigenvalue weighted by atomic mass is 35.5. The second kappa shape index (κ2) is 8.94. The average molecular weight is 453 g/mol. The number of amides is 2. The van der Waals surface area contributed by atoms with Gasteiger partial charge in [0.1, 0.15) is 5.82 Å². The van der Waals surface area contributed by atoms with Crippen molar-refractivity contribution < 1.29 is 9.18 Å². The number of fused-ring (bicyclic) bond motifs is 2. The van der Waals surface area contributed by atoms with Gasteiger partial charge in [0, 0.05) is 48.5 Å². The molecule has 1 unspecified atom stereocenters. The van der Waals surface area contributed by atoms with Crippen molar-refractivity contribution in [1.82, 2.24) is 15.2 Å². The Labute approximate surface area is 192 Å². The van der Waals surface area contributed by atoms with Crippen molar-refractivity contribution >= 4 is 34.2 Å². The summed E-state index contributed by atoms with van der Waals surface area (Å²) in [5.41, 5.74) is 4.05. The van der Waals surface area contributed by atoms with Crippen LogP contribution in [0.1, 0.15) is 36.4 Å². The Balaban J connectivity index is 1.26. The van der Waals surface area contributed by atoms with E-state index in [1.54, 1.807) is 12.3 Å². The molecule has 1 aliphatic carbocycles. The number of urea groups is 1. The SMILES string of the molecule is O=C(NC1CCCCc2ccc(F)cc21)N1CCN(c2ccnc3cc(Cl)ccc23)CC1. The Hall–Kier alpha value is -2.86. The van der Waals surface area contributed by atoms with E-state index in [2.05, 4.69) is 15.2 Å². The molecule has 2 amide bonds. The summed E-state index contributed by atoms with van der Waals surface area (Å²) < 4.78 is 13.9. The number of hydrogen-bond acceptors (Lipinski definition) is 3. The monoisotopic (exact) mass is 452 g/mol. The van der Waals surface area contributed by atoms with E-state index in [0.29, 0.717) is 18.1 Å². The first-order valence-electron chi connectivity index (χ1n) is 11.2. The standard InChI is InChI=1S/C25H26ClFN4O/c26-18-6-8-20-23(15-18)28-10-9-24(20)30-11-13-31(14-12-30)25(32)29-22-4-2-1-3-17-5-7-19(27)16-21(17)22/h5-10,15-16,22H,1-4,11-14H2,(H,29,32). The zero-order valence-corrected chi connectivity index (χ0v) is 18.6. The number of carbonyl (C=O) groups excluding carboxylic acids is 1. The van der Waals surface area contributed by atoms with Gasteiger partial charge >= 0.3 is 6.03 Å². The van der Waals surface area contributed by atoms with Crippen LogP contribution < -0.4 is 10.2 Å². The van der Waals surface area contributed by atoms with Crippen molar-refractivity contribution in [3.05, 3.63) is 70.6 Å². The number of rotatable bonds is 2. The summed E-state index contributed by atoms with van der Waals surface area (Å²) in [6.07, 6.45) is 5.66. The van der Waals surface area contributed by atoms with Crippen LogP contribution >= 0.6 is 11.6 Å². The summed E-state index contributed by atoms with van der Waals surface area (Å²) in [6, 6.07) is 12.5. The number of piperazine rings is 1. The zero-order valence-electron chi connectivity index (χ0n) is 17.9. The maximum atomic E-state index is 13.9. The van der Waals surface area contributed by atoms with E-state index in [1.807, 2.05) is 35.2 Å². The van der Waals surface area contributed by atoms with Gasteiger partial charge in [-0.25, -0.2) is 9.18 Å². The second-order valence-electron chi connectivity index (χ2n) is 8.56. The quantitative estimate of drug-likeness (QED) is 0.535. The number of benzene rings is 2. The molecule has 2 aromatic carbocycles. The molecule has 5 nitrogen and oxygen atoms in total. The minimum absolute atomic E-state index is 0.0712. The lowest BCUT2D eigenvalue weighted by Crippen LogP contribution is -2.52. The summed E-state index contributed by atoms with van der Waals surface area (Å²) >= 11 is 6.12. The molecule has 5 rings (SSSR count). The molecule has 0 bridgehead atoms. The van der Waals surface area contributed by atoms with Crippen molar-refractivity contribution in [2.24, 2.45) is 0 Å². The van der Waals surface area contributed by atoms with E-state index in [0.717, 1.165) is 66.5 Å². The number of carbonyl (C=O) groups is 1. The fourth-order valence-corrected chi connectivity index (χ4v) is 5.03. The molecule has 0 radical (unpaired) electrons. The maximum Gasteiger partial charge on any atom is 0.318 e. The average Bonchev–Trinajstić information content (AvgIpc) is 3.00. The predicted molar refractivity (Wildman–Crippen MR) is 126 cm³/mol. The molecule has 3 aromatic rings. The Bertz CT molecular complexity index is 1150. The number of aryl methyl sites for hydroxylation is 1. The smallest absolute Gasteiger partial charge is 0.318 e. The van der Waals surface area contributed by atoms with Gasteiger partial charge in [-0.05, 0) is 66.8 Å². The van der Waals surface area contributed by atoms with Gasteiger partial charge < -0.3 is 15.1 Å². The van der Waals surface area contributed by atoms with Gasteiger partial charge in [0.05, 0.1) is 11.6 Å². The van der Waals surface area contributed by atoms with Crippen LogP contribution in [-0.4, -0.2) is 42.1 Å². The topological polar surface area (TPSA) is 48.5 Å². The Kier molecular flexibility index (Phi) is 5.87. The van der Waals surface area contributed by atoms with E-state index in [-0.39, 0.29) is 17.9 Å². The molecule has 1 N–H and O–H groups in total. The molecular formula is C25H26ClFN4O. The third kappa shape index (κ3) is 4.24. The largest absolute Gasteiger partial charge is 0.367 e. The van der Waals surface area contributed by atoms with Crippen molar-refractivity contribution in [1.29, 1.82) is 0 Å². The molecule has 1 fully saturated rings. The molecule has 2 aliphatic rings. The van der Waals surface area contributed by atoms with Crippen LogP contribution in [0.25, 0.3) is 10.9 Å². The molecule has 1 aromatic heterocycles. The number of pyridine rings is 1. The molecule has 0 saturated carbocycles. The van der Waals surface area contributed by atoms with Crippen LogP contribution in [0.15, 0.2) is 48.7 Å². The van der Waals surface area contributed by atoms with Gasteiger partial charge in [-0.15, -0.1) is 0 Å². The molecule has 2 heterocycles. The first-order valence-corrected chi connectivity index (χ1v) is 11.6. The van der Waals surface area contributed by atoms with Crippen LogP contribution in [0.2, 0.25) is 5.02 Å². The van der Waals surface area contributed by atoms with Gasteiger partial charge in [-0.3, -0.25) is 4.98 Å². The van der Waals surface area contributed by atoms with Crippen molar-refractivity contribution in [2.45, 2.75) is 31.7 Å². The Morgan fingerprint density at radius 3 is 2.75 bits per heavy atom. The number of anilines is 1. The van der Waals surface area contributed by atoms with Crippen LogP contribution in [0.4, 0.5) is 14.9 Å².